The topological polar surface area (TPSA) is 36.4 Å². The second-order valence-corrected chi connectivity index (χ2v) is 3.29. The van der Waals surface area contributed by atoms with Crippen LogP contribution in [0.3, 0.4) is 0 Å². The maximum absolute atomic E-state index is 9.07. The fraction of sp³-hybridized carbons (Fsp3) is 0.375. The molecule has 2 rings (SSSR count). The number of nitrogens with zero attached hydrogens (tertiary/aromatic N) is 2. The summed E-state index contributed by atoms with van der Waals surface area (Å²) in [5.74, 6) is 0. The number of aromatic nitrogens is 1. The van der Waals surface area contributed by atoms with Crippen molar-refractivity contribution in [1.82, 2.24) is 4.98 Å². The number of pyridine rings is 1. The minimum absolute atomic E-state index is 0.200. The van der Waals surface area contributed by atoms with Crippen LogP contribution in [-0.4, -0.2) is 29.3 Å². The first-order chi connectivity index (χ1) is 5.77. The largest absolute Gasteiger partial charge is 0.389 e. The highest BCUT2D eigenvalue weighted by molar-refractivity contribution is 6.33. The molecule has 4 heteroatoms. The van der Waals surface area contributed by atoms with E-state index in [4.69, 9.17) is 16.7 Å². The Morgan fingerprint density at radius 1 is 1.58 bits per heavy atom. The molecule has 0 atom stereocenters. The third-order valence-corrected chi connectivity index (χ3v) is 2.25. The van der Waals surface area contributed by atoms with Gasteiger partial charge in [0.05, 0.1) is 16.8 Å². The molecule has 0 saturated carbocycles. The van der Waals surface area contributed by atoms with Crippen molar-refractivity contribution in [3.63, 3.8) is 0 Å². The van der Waals surface area contributed by atoms with Crippen LogP contribution in [0.15, 0.2) is 18.5 Å². The number of aliphatic hydroxyl groups excluding tert-OH is 1. The minimum Gasteiger partial charge on any atom is -0.389 e. The van der Waals surface area contributed by atoms with Crippen LogP contribution in [-0.2, 0) is 0 Å². The van der Waals surface area contributed by atoms with Crippen molar-refractivity contribution in [1.29, 1.82) is 0 Å². The Kier molecular flexibility index (Phi) is 1.90. The van der Waals surface area contributed by atoms with Gasteiger partial charge < -0.3 is 10.0 Å². The van der Waals surface area contributed by atoms with Gasteiger partial charge in [-0.3, -0.25) is 4.98 Å². The highest BCUT2D eigenvalue weighted by Gasteiger charge is 2.25. The lowest BCUT2D eigenvalue weighted by atomic mass is 10.1. The minimum atomic E-state index is -0.200. The van der Waals surface area contributed by atoms with Gasteiger partial charge in [-0.25, -0.2) is 0 Å². The lowest BCUT2D eigenvalue weighted by Crippen LogP contribution is -2.50. The van der Waals surface area contributed by atoms with E-state index in [9.17, 15) is 0 Å². The monoisotopic (exact) mass is 184 g/mol. The van der Waals surface area contributed by atoms with Crippen LogP contribution >= 0.6 is 11.6 Å². The summed E-state index contributed by atoms with van der Waals surface area (Å²) in [6, 6.07) is 1.86. The van der Waals surface area contributed by atoms with Gasteiger partial charge in [0.2, 0.25) is 0 Å². The van der Waals surface area contributed by atoms with E-state index in [-0.39, 0.29) is 6.10 Å². The lowest BCUT2D eigenvalue weighted by Gasteiger charge is -2.38. The first-order valence-corrected chi connectivity index (χ1v) is 4.17. The van der Waals surface area contributed by atoms with Crippen molar-refractivity contribution in [2.75, 3.05) is 18.0 Å². The lowest BCUT2D eigenvalue weighted by molar-refractivity contribution is 0.142. The zero-order valence-corrected chi connectivity index (χ0v) is 7.20. The fourth-order valence-electron chi connectivity index (χ4n) is 1.28. The Bertz CT molecular complexity index is 286. The Labute approximate surface area is 75.6 Å². The van der Waals surface area contributed by atoms with Crippen LogP contribution in [0.5, 0.6) is 0 Å². The number of anilines is 1. The van der Waals surface area contributed by atoms with E-state index in [1.165, 1.54) is 0 Å². The molecule has 1 fully saturated rings. The maximum Gasteiger partial charge on any atom is 0.0889 e. The molecule has 0 unspecified atom stereocenters. The average molecular weight is 185 g/mol. The molecule has 1 saturated heterocycles. The zero-order chi connectivity index (χ0) is 8.55. The fourth-order valence-corrected chi connectivity index (χ4v) is 1.52. The third kappa shape index (κ3) is 1.26. The van der Waals surface area contributed by atoms with Crippen LogP contribution < -0.4 is 4.90 Å². The van der Waals surface area contributed by atoms with E-state index in [0.29, 0.717) is 18.1 Å². The van der Waals surface area contributed by atoms with E-state index >= 15 is 0 Å². The smallest absolute Gasteiger partial charge is 0.0889 e. The molecule has 0 amide bonds. The molecule has 0 bridgehead atoms. The predicted octanol–water partition coefficient (Wildman–Crippen LogP) is 0.916. The van der Waals surface area contributed by atoms with Gasteiger partial charge in [0.15, 0.2) is 0 Å². The van der Waals surface area contributed by atoms with Gasteiger partial charge in [-0.05, 0) is 6.07 Å². The van der Waals surface area contributed by atoms with Crippen LogP contribution in [0.2, 0.25) is 5.02 Å². The summed E-state index contributed by atoms with van der Waals surface area (Å²) in [5.41, 5.74) is 0.956. The van der Waals surface area contributed by atoms with Crippen LogP contribution in [0.25, 0.3) is 0 Å². The van der Waals surface area contributed by atoms with Gasteiger partial charge in [0.25, 0.3) is 0 Å². The number of rotatable bonds is 1. The quantitative estimate of drug-likeness (QED) is 0.705. The molecule has 0 spiro atoms. The molecule has 1 aliphatic heterocycles. The molecule has 3 nitrogen and oxygen atoms in total. The first kappa shape index (κ1) is 7.83. The molecule has 64 valence electrons. The summed E-state index contributed by atoms with van der Waals surface area (Å²) in [6.07, 6.45) is 3.11. The van der Waals surface area contributed by atoms with E-state index in [0.717, 1.165) is 5.69 Å². The van der Waals surface area contributed by atoms with Crippen molar-refractivity contribution in [2.45, 2.75) is 6.10 Å². The highest BCUT2D eigenvalue weighted by atomic mass is 35.5. The van der Waals surface area contributed by atoms with E-state index in [1.54, 1.807) is 12.4 Å². The van der Waals surface area contributed by atoms with Gasteiger partial charge in [-0.1, -0.05) is 11.6 Å². The molecule has 12 heavy (non-hydrogen) atoms. The first-order valence-electron chi connectivity index (χ1n) is 3.80. The number of hydrogen-bond donors (Lipinski definition) is 1. The van der Waals surface area contributed by atoms with Crippen molar-refractivity contribution in [2.24, 2.45) is 0 Å². The summed E-state index contributed by atoms with van der Waals surface area (Å²) >= 11 is 5.89. The number of halogens is 1. The molecule has 1 N–H and O–H groups in total. The summed E-state index contributed by atoms with van der Waals surface area (Å²) in [7, 11) is 0. The second-order valence-electron chi connectivity index (χ2n) is 2.89. The average Bonchev–Trinajstić information content (AvgIpc) is 2.01. The molecule has 2 heterocycles. The normalized spacial score (nSPS) is 17.7. The second kappa shape index (κ2) is 2.92. The van der Waals surface area contributed by atoms with E-state index in [2.05, 4.69) is 4.98 Å². The molecule has 1 aromatic heterocycles. The van der Waals surface area contributed by atoms with Crippen LogP contribution in [0, 0.1) is 0 Å². The van der Waals surface area contributed by atoms with Gasteiger partial charge in [-0.2, -0.15) is 0 Å². The maximum atomic E-state index is 9.07. The van der Waals surface area contributed by atoms with Gasteiger partial charge >= 0.3 is 0 Å². The molecule has 1 aliphatic rings. The van der Waals surface area contributed by atoms with Crippen LogP contribution in [0.4, 0.5) is 5.69 Å². The number of hydrogen-bond acceptors (Lipinski definition) is 3. The Morgan fingerprint density at radius 3 is 2.92 bits per heavy atom. The predicted molar refractivity (Wildman–Crippen MR) is 47.5 cm³/mol. The van der Waals surface area contributed by atoms with Gasteiger partial charge in [0, 0.05) is 25.5 Å². The number of β-amino-alcohol motifs (C(OH)–C–C–N with tert-alkyl or cyclic N) is 1. The Hall–Kier alpha value is -0.800. The Morgan fingerprint density at radius 2 is 2.33 bits per heavy atom. The Balaban J connectivity index is 2.18. The van der Waals surface area contributed by atoms with Crippen molar-refractivity contribution >= 4 is 17.3 Å². The van der Waals surface area contributed by atoms with Crippen molar-refractivity contribution in [3.05, 3.63) is 23.5 Å². The molecule has 0 radical (unpaired) electrons. The zero-order valence-electron chi connectivity index (χ0n) is 6.44. The molecule has 1 aromatic rings. The third-order valence-electron chi connectivity index (χ3n) is 1.95. The van der Waals surface area contributed by atoms with E-state index in [1.807, 2.05) is 11.0 Å². The molecule has 0 aromatic carbocycles. The van der Waals surface area contributed by atoms with E-state index < -0.39 is 0 Å². The van der Waals surface area contributed by atoms with Crippen molar-refractivity contribution < 1.29 is 5.11 Å². The molecule has 0 aliphatic carbocycles. The van der Waals surface area contributed by atoms with Gasteiger partial charge in [0.1, 0.15) is 0 Å². The SMILES string of the molecule is OC1CN(c2ccncc2Cl)C1. The summed E-state index contributed by atoms with van der Waals surface area (Å²) in [4.78, 5) is 5.91. The number of aliphatic hydroxyl groups is 1. The molecular formula is C8H9ClN2O. The standard InChI is InChI=1S/C8H9ClN2O/c9-7-3-10-2-1-8(7)11-4-6(12)5-11/h1-3,6,12H,4-5H2. The van der Waals surface area contributed by atoms with Crippen LogP contribution in [0.1, 0.15) is 0 Å². The summed E-state index contributed by atoms with van der Waals surface area (Å²) < 4.78 is 0. The van der Waals surface area contributed by atoms with Crippen molar-refractivity contribution in [3.8, 4) is 0 Å². The summed E-state index contributed by atoms with van der Waals surface area (Å²) in [6.45, 7) is 1.34. The molecular weight excluding hydrogens is 176 g/mol. The van der Waals surface area contributed by atoms with Gasteiger partial charge in [-0.15, -0.1) is 0 Å². The highest BCUT2D eigenvalue weighted by Crippen LogP contribution is 2.27. The summed E-state index contributed by atoms with van der Waals surface area (Å²) in [5, 5.41) is 9.71.